The van der Waals surface area contributed by atoms with Crippen LogP contribution in [0.1, 0.15) is 76.4 Å². The maximum atomic E-state index is 13.3. The standard InChI is InChI=1S/C22H32F2O4/c1-14(25)6-4-2-3-5-7-18-19(22(28)13-21(18)27)8-9-20(26)15-10-16(23)12-17(24)11-15/h10-12,18-22,26-28H,2-9,13H2,1H3/t18-,19-,20?,21+,22-/m1/s1. The van der Waals surface area contributed by atoms with Gasteiger partial charge in [-0.3, -0.25) is 0 Å². The van der Waals surface area contributed by atoms with Crippen molar-refractivity contribution < 1.29 is 28.9 Å². The molecule has 2 rings (SSSR count). The van der Waals surface area contributed by atoms with Gasteiger partial charge in [-0.05, 0) is 68.6 Å². The van der Waals surface area contributed by atoms with Crippen molar-refractivity contribution in [1.82, 2.24) is 0 Å². The first kappa shape index (κ1) is 22.9. The summed E-state index contributed by atoms with van der Waals surface area (Å²) in [5.41, 5.74) is 0.188. The monoisotopic (exact) mass is 398 g/mol. The third kappa shape index (κ3) is 6.90. The Balaban J connectivity index is 1.83. The minimum absolute atomic E-state index is 0.0424. The number of carbonyl (C=O) groups excluding carboxylic acids is 1. The molecule has 0 saturated heterocycles. The zero-order chi connectivity index (χ0) is 20.7. The summed E-state index contributed by atoms with van der Waals surface area (Å²) in [5.74, 6) is -1.44. The molecule has 1 saturated carbocycles. The van der Waals surface area contributed by atoms with Gasteiger partial charge in [0.15, 0.2) is 0 Å². The Morgan fingerprint density at radius 1 is 1.00 bits per heavy atom. The van der Waals surface area contributed by atoms with Crippen LogP contribution in [0, 0.1) is 23.5 Å². The molecular weight excluding hydrogens is 366 g/mol. The van der Waals surface area contributed by atoms with Crippen LogP contribution >= 0.6 is 0 Å². The summed E-state index contributed by atoms with van der Waals surface area (Å²) in [6.07, 6.45) is 4.00. The van der Waals surface area contributed by atoms with Crippen LogP contribution in [0.15, 0.2) is 18.2 Å². The van der Waals surface area contributed by atoms with Gasteiger partial charge in [-0.25, -0.2) is 8.78 Å². The van der Waals surface area contributed by atoms with E-state index in [2.05, 4.69) is 0 Å². The number of halogens is 2. The van der Waals surface area contributed by atoms with Gasteiger partial charge < -0.3 is 20.1 Å². The van der Waals surface area contributed by atoms with Gasteiger partial charge in [0.2, 0.25) is 0 Å². The van der Waals surface area contributed by atoms with Gasteiger partial charge in [-0.1, -0.05) is 19.3 Å². The van der Waals surface area contributed by atoms with Gasteiger partial charge in [0, 0.05) is 12.5 Å². The van der Waals surface area contributed by atoms with Crippen LogP contribution in [0.3, 0.4) is 0 Å². The van der Waals surface area contributed by atoms with Crippen LogP contribution in [0.2, 0.25) is 0 Å². The molecule has 1 aromatic carbocycles. The number of aliphatic hydroxyl groups is 3. The van der Waals surface area contributed by atoms with Crippen LogP contribution in [0.25, 0.3) is 0 Å². The summed E-state index contributed by atoms with van der Waals surface area (Å²) in [6, 6.07) is 3.00. The number of unbranched alkanes of at least 4 members (excludes halogenated alkanes) is 3. The number of rotatable bonds is 11. The first-order chi connectivity index (χ1) is 13.3. The van der Waals surface area contributed by atoms with E-state index in [9.17, 15) is 28.9 Å². The van der Waals surface area contributed by atoms with Crippen molar-refractivity contribution in [2.45, 2.75) is 83.0 Å². The number of benzene rings is 1. The summed E-state index contributed by atoms with van der Waals surface area (Å²) in [5, 5.41) is 30.9. The fourth-order valence-corrected chi connectivity index (χ4v) is 4.37. The van der Waals surface area contributed by atoms with Gasteiger partial charge in [-0.2, -0.15) is 0 Å². The molecule has 1 aliphatic carbocycles. The van der Waals surface area contributed by atoms with E-state index in [0.29, 0.717) is 19.3 Å². The first-order valence-corrected chi connectivity index (χ1v) is 10.3. The molecule has 0 aliphatic heterocycles. The maximum absolute atomic E-state index is 13.3. The molecule has 0 aromatic heterocycles. The molecule has 1 fully saturated rings. The van der Waals surface area contributed by atoms with E-state index in [1.807, 2.05) is 0 Å². The molecule has 3 N–H and O–H groups in total. The zero-order valence-corrected chi connectivity index (χ0v) is 16.5. The summed E-state index contributed by atoms with van der Waals surface area (Å²) in [6.45, 7) is 1.59. The topological polar surface area (TPSA) is 77.8 Å². The second kappa shape index (κ2) is 11.0. The lowest BCUT2D eigenvalue weighted by atomic mass is 9.84. The van der Waals surface area contributed by atoms with E-state index in [1.54, 1.807) is 6.92 Å². The van der Waals surface area contributed by atoms with E-state index < -0.39 is 29.9 Å². The summed E-state index contributed by atoms with van der Waals surface area (Å²) >= 11 is 0. The van der Waals surface area contributed by atoms with Gasteiger partial charge in [0.05, 0.1) is 18.3 Å². The van der Waals surface area contributed by atoms with E-state index in [0.717, 1.165) is 50.3 Å². The average Bonchev–Trinajstić information content (AvgIpc) is 2.87. The summed E-state index contributed by atoms with van der Waals surface area (Å²) in [7, 11) is 0. The Kier molecular flexibility index (Phi) is 8.99. The molecule has 6 heteroatoms. The number of aliphatic hydroxyl groups excluding tert-OH is 3. The fraction of sp³-hybridized carbons (Fsp3) is 0.682. The van der Waals surface area contributed by atoms with Crippen LogP contribution in [-0.4, -0.2) is 33.3 Å². The number of carbonyl (C=O) groups is 1. The molecule has 0 spiro atoms. The molecule has 0 radical (unpaired) electrons. The molecule has 0 bridgehead atoms. The summed E-state index contributed by atoms with van der Waals surface area (Å²) < 4.78 is 26.7. The highest BCUT2D eigenvalue weighted by Crippen LogP contribution is 2.40. The largest absolute Gasteiger partial charge is 0.393 e. The van der Waals surface area contributed by atoms with Crippen LogP contribution in [0.5, 0.6) is 0 Å². The highest BCUT2D eigenvalue weighted by molar-refractivity contribution is 5.75. The van der Waals surface area contributed by atoms with Crippen molar-refractivity contribution in [2.75, 3.05) is 0 Å². The molecular formula is C22H32F2O4. The Bertz CT molecular complexity index is 617. The van der Waals surface area contributed by atoms with E-state index in [1.165, 1.54) is 0 Å². The lowest BCUT2D eigenvalue weighted by Gasteiger charge is -2.24. The predicted octanol–water partition coefficient (Wildman–Crippen LogP) is 4.07. The van der Waals surface area contributed by atoms with E-state index in [-0.39, 0.29) is 29.6 Å². The molecule has 1 unspecified atom stereocenters. The van der Waals surface area contributed by atoms with Crippen molar-refractivity contribution in [3.8, 4) is 0 Å². The van der Waals surface area contributed by atoms with E-state index in [4.69, 9.17) is 0 Å². The van der Waals surface area contributed by atoms with Crippen LogP contribution < -0.4 is 0 Å². The lowest BCUT2D eigenvalue weighted by Crippen LogP contribution is -2.23. The molecule has 28 heavy (non-hydrogen) atoms. The van der Waals surface area contributed by atoms with Gasteiger partial charge >= 0.3 is 0 Å². The molecule has 0 heterocycles. The summed E-state index contributed by atoms with van der Waals surface area (Å²) in [4.78, 5) is 11.0. The second-order valence-corrected chi connectivity index (χ2v) is 8.15. The van der Waals surface area contributed by atoms with Gasteiger partial charge in [0.25, 0.3) is 0 Å². The number of hydrogen-bond donors (Lipinski definition) is 3. The van der Waals surface area contributed by atoms with Gasteiger partial charge in [-0.15, -0.1) is 0 Å². The Morgan fingerprint density at radius 3 is 2.18 bits per heavy atom. The molecule has 5 atom stereocenters. The Hall–Kier alpha value is -1.37. The lowest BCUT2D eigenvalue weighted by molar-refractivity contribution is -0.117. The van der Waals surface area contributed by atoms with Crippen molar-refractivity contribution in [3.05, 3.63) is 35.4 Å². The molecule has 1 aromatic rings. The minimum atomic E-state index is -1.01. The second-order valence-electron chi connectivity index (χ2n) is 8.15. The fourth-order valence-electron chi connectivity index (χ4n) is 4.37. The van der Waals surface area contributed by atoms with Crippen LogP contribution in [0.4, 0.5) is 8.78 Å². The Morgan fingerprint density at radius 2 is 1.57 bits per heavy atom. The number of Topliss-reactive ketones (excluding diaryl/α,β-unsaturated/α-hetero) is 1. The Labute approximate surface area is 165 Å². The zero-order valence-electron chi connectivity index (χ0n) is 16.5. The highest BCUT2D eigenvalue weighted by atomic mass is 19.1. The van der Waals surface area contributed by atoms with E-state index >= 15 is 0 Å². The third-order valence-corrected chi connectivity index (χ3v) is 5.88. The maximum Gasteiger partial charge on any atom is 0.129 e. The molecule has 158 valence electrons. The number of hydrogen-bond acceptors (Lipinski definition) is 4. The minimum Gasteiger partial charge on any atom is -0.393 e. The molecule has 4 nitrogen and oxygen atoms in total. The highest BCUT2D eigenvalue weighted by Gasteiger charge is 2.40. The quantitative estimate of drug-likeness (QED) is 0.491. The van der Waals surface area contributed by atoms with Crippen molar-refractivity contribution in [1.29, 1.82) is 0 Å². The normalized spacial score (nSPS) is 25.8. The van der Waals surface area contributed by atoms with Crippen molar-refractivity contribution in [2.24, 2.45) is 11.8 Å². The van der Waals surface area contributed by atoms with Crippen molar-refractivity contribution in [3.63, 3.8) is 0 Å². The number of ketones is 1. The van der Waals surface area contributed by atoms with Crippen molar-refractivity contribution >= 4 is 5.78 Å². The first-order valence-electron chi connectivity index (χ1n) is 10.3. The predicted molar refractivity (Wildman–Crippen MR) is 103 cm³/mol. The van der Waals surface area contributed by atoms with Gasteiger partial charge in [0.1, 0.15) is 17.4 Å². The molecule has 0 amide bonds. The smallest absolute Gasteiger partial charge is 0.129 e. The average molecular weight is 398 g/mol. The van der Waals surface area contributed by atoms with Crippen LogP contribution in [-0.2, 0) is 4.79 Å². The SMILES string of the molecule is CC(=O)CCCCCC[C@@H]1[C@@H](CCC(O)c2cc(F)cc(F)c2)[C@H](O)C[C@@H]1O. The molecule has 1 aliphatic rings. The third-order valence-electron chi connectivity index (χ3n) is 5.88.